The van der Waals surface area contributed by atoms with Crippen LogP contribution in [0.25, 0.3) is 0 Å². The molecule has 4 unspecified atom stereocenters. The lowest BCUT2D eigenvalue weighted by Crippen LogP contribution is -2.47. The highest BCUT2D eigenvalue weighted by Gasteiger charge is 2.43. The summed E-state index contributed by atoms with van der Waals surface area (Å²) in [6.07, 6.45) is 1.55. The van der Waals surface area contributed by atoms with Crippen LogP contribution in [0.3, 0.4) is 0 Å². The van der Waals surface area contributed by atoms with Crippen LogP contribution in [0.15, 0.2) is 71.3 Å². The second-order valence-corrected chi connectivity index (χ2v) is 12.4. The number of aryl methyl sites for hydroxylation is 2. The zero-order chi connectivity index (χ0) is 30.1. The number of rotatable bonds is 8. The minimum atomic E-state index is -0.773. The van der Waals surface area contributed by atoms with Crippen molar-refractivity contribution < 1.29 is 23.9 Å². The first-order chi connectivity index (χ1) is 20.8. The molecule has 0 saturated carbocycles. The lowest BCUT2D eigenvalue weighted by Gasteiger charge is -2.28. The zero-order valence-electron chi connectivity index (χ0n) is 24.8. The molecule has 1 aromatic heterocycles. The van der Waals surface area contributed by atoms with Crippen molar-refractivity contribution in [1.29, 1.82) is 0 Å². The average molecular weight is 585 g/mol. The predicted molar refractivity (Wildman–Crippen MR) is 161 cm³/mol. The molecule has 0 bridgehead atoms. The summed E-state index contributed by atoms with van der Waals surface area (Å²) in [5.41, 5.74) is 3.89. The van der Waals surface area contributed by atoms with Crippen LogP contribution in [-0.4, -0.2) is 88.9 Å². The first-order valence-corrected chi connectivity index (χ1v) is 15.2. The molecule has 2 N–H and O–H groups in total. The second kappa shape index (κ2) is 12.3. The number of nitrogens with one attached hydrogen (secondary N) is 1. The summed E-state index contributed by atoms with van der Waals surface area (Å²) in [5, 5.41) is 13.5. The van der Waals surface area contributed by atoms with Gasteiger partial charge >= 0.3 is 0 Å². The number of aliphatic hydroxyl groups excluding tert-OH is 1. The second-order valence-electron chi connectivity index (χ2n) is 12.4. The number of β-amino-alcohol motifs (C(OH)–C–C–N with tert-alkyl or cyclic N) is 1. The van der Waals surface area contributed by atoms with Gasteiger partial charge in [0, 0.05) is 51.3 Å². The summed E-state index contributed by atoms with van der Waals surface area (Å²) in [6, 6.07) is 18.1. The van der Waals surface area contributed by atoms with Crippen LogP contribution in [0.1, 0.15) is 56.5 Å². The van der Waals surface area contributed by atoms with Crippen LogP contribution in [0.4, 0.5) is 0 Å². The van der Waals surface area contributed by atoms with Crippen LogP contribution >= 0.6 is 0 Å². The number of furan rings is 1. The van der Waals surface area contributed by atoms with E-state index < -0.39 is 18.1 Å². The van der Waals surface area contributed by atoms with E-state index in [-0.39, 0.29) is 36.6 Å². The Morgan fingerprint density at radius 3 is 2.23 bits per heavy atom. The molecule has 9 nitrogen and oxygen atoms in total. The third-order valence-corrected chi connectivity index (χ3v) is 9.37. The highest BCUT2D eigenvalue weighted by atomic mass is 16.3. The molecule has 3 aromatic rings. The largest absolute Gasteiger partial charge is 0.459 e. The first-order valence-electron chi connectivity index (χ1n) is 15.2. The number of hydrogen-bond acceptors (Lipinski definition) is 6. The molecule has 3 aliphatic rings. The van der Waals surface area contributed by atoms with Gasteiger partial charge in [-0.05, 0) is 60.9 Å². The van der Waals surface area contributed by atoms with Crippen molar-refractivity contribution in [3.05, 3.63) is 94.9 Å². The molecule has 9 heteroatoms. The minimum Gasteiger partial charge on any atom is -0.459 e. The summed E-state index contributed by atoms with van der Waals surface area (Å²) >= 11 is 0. The van der Waals surface area contributed by atoms with Crippen molar-refractivity contribution in [3.8, 4) is 0 Å². The van der Waals surface area contributed by atoms with Crippen LogP contribution in [-0.2, 0) is 4.79 Å². The lowest BCUT2D eigenvalue weighted by molar-refractivity contribution is -0.125. The van der Waals surface area contributed by atoms with Crippen LogP contribution in [0.5, 0.6) is 0 Å². The molecule has 3 aliphatic heterocycles. The number of nitrogens with zero attached hydrogens (tertiary/aromatic N) is 3. The maximum Gasteiger partial charge on any atom is 0.290 e. The van der Waals surface area contributed by atoms with Gasteiger partial charge in [0.1, 0.15) is 6.04 Å². The Morgan fingerprint density at radius 1 is 0.884 bits per heavy atom. The Labute approximate surface area is 252 Å². The Hall–Kier alpha value is -3.95. The highest BCUT2D eigenvalue weighted by molar-refractivity contribution is 5.97. The van der Waals surface area contributed by atoms with Gasteiger partial charge in [-0.3, -0.25) is 14.4 Å². The van der Waals surface area contributed by atoms with E-state index in [1.54, 1.807) is 12.1 Å². The van der Waals surface area contributed by atoms with Gasteiger partial charge < -0.3 is 29.5 Å². The van der Waals surface area contributed by atoms with Crippen LogP contribution < -0.4 is 5.32 Å². The van der Waals surface area contributed by atoms with Crippen molar-refractivity contribution in [3.63, 3.8) is 0 Å². The lowest BCUT2D eigenvalue weighted by atomic mass is 10.0. The number of likely N-dealkylation sites (tertiary alicyclic amines) is 3. The molecule has 43 heavy (non-hydrogen) atoms. The van der Waals surface area contributed by atoms with Crippen molar-refractivity contribution in [1.82, 2.24) is 20.0 Å². The molecule has 6 rings (SSSR count). The van der Waals surface area contributed by atoms with Gasteiger partial charge in [-0.2, -0.15) is 0 Å². The van der Waals surface area contributed by atoms with Gasteiger partial charge in [-0.25, -0.2) is 0 Å². The first kappa shape index (κ1) is 29.1. The van der Waals surface area contributed by atoms with Gasteiger partial charge in [-0.15, -0.1) is 0 Å². The minimum absolute atomic E-state index is 0.0904. The molecule has 226 valence electrons. The molecule has 2 aromatic carbocycles. The third-order valence-electron chi connectivity index (χ3n) is 9.37. The molecular formula is C34H40N4O5. The molecule has 0 spiro atoms. The van der Waals surface area contributed by atoms with E-state index in [1.807, 2.05) is 67.3 Å². The monoisotopic (exact) mass is 584 g/mol. The maximum absolute atomic E-state index is 13.6. The van der Waals surface area contributed by atoms with E-state index in [4.69, 9.17) is 4.42 Å². The van der Waals surface area contributed by atoms with Gasteiger partial charge in [0.25, 0.3) is 11.8 Å². The number of hydrogen-bond donors (Lipinski definition) is 2. The fourth-order valence-corrected chi connectivity index (χ4v) is 7.16. The van der Waals surface area contributed by atoms with E-state index in [0.29, 0.717) is 18.3 Å². The van der Waals surface area contributed by atoms with Gasteiger partial charge in [0.05, 0.1) is 18.4 Å². The molecule has 0 aliphatic carbocycles. The Balaban J connectivity index is 1.08. The summed E-state index contributed by atoms with van der Waals surface area (Å²) in [4.78, 5) is 45.8. The van der Waals surface area contributed by atoms with E-state index >= 15 is 0 Å². The summed E-state index contributed by atoms with van der Waals surface area (Å²) < 4.78 is 5.27. The molecule has 4 heterocycles. The SMILES string of the molecule is Cc1cccc(C)c1C(=O)N1CC2CN(CC[C@H](NC(=O)C3CC(O)CN3C(=O)c3ccco3)c3ccccc3)CC2C1. The van der Waals surface area contributed by atoms with Gasteiger partial charge in [-0.1, -0.05) is 48.5 Å². The van der Waals surface area contributed by atoms with E-state index in [2.05, 4.69) is 10.2 Å². The molecule has 5 atom stereocenters. The molecule has 0 radical (unpaired) electrons. The topological polar surface area (TPSA) is 106 Å². The van der Waals surface area contributed by atoms with E-state index in [0.717, 1.165) is 55.0 Å². The Bertz CT molecular complexity index is 1420. The Morgan fingerprint density at radius 2 is 1.58 bits per heavy atom. The summed E-state index contributed by atoms with van der Waals surface area (Å²) in [7, 11) is 0. The van der Waals surface area contributed by atoms with Gasteiger partial charge in [0.15, 0.2) is 5.76 Å². The van der Waals surface area contributed by atoms with Crippen molar-refractivity contribution in [2.45, 2.75) is 44.9 Å². The fourth-order valence-electron chi connectivity index (χ4n) is 7.16. The van der Waals surface area contributed by atoms with Crippen molar-refractivity contribution >= 4 is 17.7 Å². The standard InChI is InChI=1S/C34H40N4O5/c1-22-8-6-9-23(2)31(22)34(42)37-19-25-17-36(18-26(25)20-37)14-13-28(24-10-4-3-5-11-24)35-32(40)29-16-27(39)21-38(29)33(41)30-12-7-15-43-30/h3-12,15,25-29,39H,13-14,16-21H2,1-2H3,(H,35,40)/t25?,26?,27?,28-,29?/m0/s1. The maximum atomic E-state index is 13.6. The number of benzene rings is 2. The number of amides is 3. The molecule has 3 amide bonds. The number of carbonyl (C=O) groups is 3. The van der Waals surface area contributed by atoms with Crippen molar-refractivity contribution in [2.24, 2.45) is 11.8 Å². The van der Waals surface area contributed by atoms with Crippen molar-refractivity contribution in [2.75, 3.05) is 39.3 Å². The normalized spacial score (nSPS) is 24.3. The van der Waals surface area contributed by atoms with Crippen LogP contribution in [0.2, 0.25) is 0 Å². The predicted octanol–water partition coefficient (Wildman–Crippen LogP) is 3.42. The average Bonchev–Trinajstić information content (AvgIpc) is 3.79. The molecule has 3 saturated heterocycles. The third kappa shape index (κ3) is 6.10. The number of carbonyl (C=O) groups excluding carboxylic acids is 3. The number of fused-ring (bicyclic) bond motifs is 1. The quantitative estimate of drug-likeness (QED) is 0.420. The van der Waals surface area contributed by atoms with Gasteiger partial charge in [0.2, 0.25) is 5.91 Å². The zero-order valence-corrected chi connectivity index (χ0v) is 24.8. The summed E-state index contributed by atoms with van der Waals surface area (Å²) in [5.74, 6) is 0.509. The number of aliphatic hydroxyl groups is 1. The molecule has 3 fully saturated rings. The molecular weight excluding hydrogens is 544 g/mol. The Kier molecular flexibility index (Phi) is 8.36. The van der Waals surface area contributed by atoms with E-state index in [9.17, 15) is 19.5 Å². The highest BCUT2D eigenvalue weighted by Crippen LogP contribution is 2.33. The fraction of sp³-hybridized carbons (Fsp3) is 0.441. The smallest absolute Gasteiger partial charge is 0.290 e. The summed E-state index contributed by atoms with van der Waals surface area (Å²) in [6.45, 7) is 8.31. The van der Waals surface area contributed by atoms with Crippen LogP contribution in [0, 0.1) is 25.7 Å². The van der Waals surface area contributed by atoms with E-state index in [1.165, 1.54) is 11.2 Å².